The van der Waals surface area contributed by atoms with Gasteiger partial charge in [0.25, 0.3) is 0 Å². The van der Waals surface area contributed by atoms with Crippen molar-refractivity contribution in [2.75, 3.05) is 19.8 Å². The van der Waals surface area contributed by atoms with Crippen molar-refractivity contribution in [1.29, 1.82) is 0 Å². The van der Waals surface area contributed by atoms with E-state index in [0.717, 1.165) is 11.1 Å². The van der Waals surface area contributed by atoms with Crippen LogP contribution in [0.25, 0.3) is 0 Å². The van der Waals surface area contributed by atoms with Gasteiger partial charge < -0.3 is 15.4 Å². The summed E-state index contributed by atoms with van der Waals surface area (Å²) in [6.45, 7) is 1.90. The molecule has 1 aromatic carbocycles. The normalized spacial score (nSPS) is 16.0. The Morgan fingerprint density at radius 1 is 1.47 bits per heavy atom. The fraction of sp³-hybridized carbons (Fsp3) is 0.333. The molecule has 17 heavy (non-hydrogen) atoms. The maximum absolute atomic E-state index is 11.6. The molecule has 1 aliphatic rings. The molecule has 0 aromatic heterocycles. The molecule has 1 aromatic rings. The molecule has 0 unspecified atom stereocenters. The van der Waals surface area contributed by atoms with Gasteiger partial charge in [0, 0.05) is 18.7 Å². The number of carbonyl (C=O) groups is 1. The Kier molecular flexibility index (Phi) is 3.71. The molecule has 1 saturated heterocycles. The highest BCUT2D eigenvalue weighted by Gasteiger charge is 2.19. The zero-order chi connectivity index (χ0) is 12.3. The molecule has 2 rings (SSSR count). The van der Waals surface area contributed by atoms with Crippen molar-refractivity contribution < 1.29 is 9.53 Å². The number of hydrogen-bond donors (Lipinski definition) is 1. The molecule has 0 saturated carbocycles. The third-order valence-electron chi connectivity index (χ3n) is 2.73. The number of ether oxygens (including phenoxy) is 1. The second-order valence-corrected chi connectivity index (χ2v) is 4.33. The van der Waals surface area contributed by atoms with Crippen molar-refractivity contribution in [2.45, 2.75) is 6.54 Å². The van der Waals surface area contributed by atoms with Crippen LogP contribution in [0.3, 0.4) is 0 Å². The maximum Gasteiger partial charge on any atom is 0.248 e. The van der Waals surface area contributed by atoms with Gasteiger partial charge >= 0.3 is 0 Å². The molecular weight excluding hydrogens is 236 g/mol. The molecular formula is C12H14N2O2S. The first-order valence-electron chi connectivity index (χ1n) is 5.41. The van der Waals surface area contributed by atoms with E-state index in [1.54, 1.807) is 4.90 Å². The number of hydrogen-bond acceptors (Lipinski definition) is 3. The first kappa shape index (κ1) is 12.0. The number of nitrogens with two attached hydrogens (primary N) is 1. The molecule has 0 atom stereocenters. The van der Waals surface area contributed by atoms with Crippen LogP contribution in [0.2, 0.25) is 0 Å². The summed E-state index contributed by atoms with van der Waals surface area (Å²) in [5.41, 5.74) is 7.47. The summed E-state index contributed by atoms with van der Waals surface area (Å²) in [6.07, 6.45) is 0. The molecule has 0 bridgehead atoms. The van der Waals surface area contributed by atoms with Gasteiger partial charge in [-0.2, -0.15) is 0 Å². The Bertz CT molecular complexity index is 448. The van der Waals surface area contributed by atoms with Crippen molar-refractivity contribution >= 4 is 23.1 Å². The SMILES string of the molecule is NC(=S)c1ccccc1CN1CCOCC1=O. The average Bonchev–Trinajstić information content (AvgIpc) is 2.32. The number of thiocarbonyl (C=S) groups is 1. The Morgan fingerprint density at radius 3 is 2.94 bits per heavy atom. The summed E-state index contributed by atoms with van der Waals surface area (Å²) in [6, 6.07) is 7.63. The number of nitrogens with zero attached hydrogens (tertiary/aromatic N) is 1. The Labute approximate surface area is 105 Å². The van der Waals surface area contributed by atoms with Crippen molar-refractivity contribution in [2.24, 2.45) is 5.73 Å². The third kappa shape index (κ3) is 2.81. The first-order chi connectivity index (χ1) is 8.18. The summed E-state index contributed by atoms with van der Waals surface area (Å²) in [7, 11) is 0. The highest BCUT2D eigenvalue weighted by atomic mass is 32.1. The highest BCUT2D eigenvalue weighted by Crippen LogP contribution is 2.13. The van der Waals surface area contributed by atoms with Gasteiger partial charge in [-0.1, -0.05) is 36.5 Å². The monoisotopic (exact) mass is 250 g/mol. The zero-order valence-corrected chi connectivity index (χ0v) is 10.2. The molecule has 5 heteroatoms. The fourth-order valence-corrected chi connectivity index (χ4v) is 2.02. The van der Waals surface area contributed by atoms with Gasteiger partial charge in [-0.3, -0.25) is 4.79 Å². The predicted molar refractivity (Wildman–Crippen MR) is 68.6 cm³/mol. The fourth-order valence-electron chi connectivity index (χ4n) is 1.82. The van der Waals surface area contributed by atoms with E-state index < -0.39 is 0 Å². The molecule has 4 nitrogen and oxygen atoms in total. The van der Waals surface area contributed by atoms with Crippen LogP contribution in [-0.2, 0) is 16.1 Å². The molecule has 0 radical (unpaired) electrons. The smallest absolute Gasteiger partial charge is 0.248 e. The lowest BCUT2D eigenvalue weighted by atomic mass is 10.1. The summed E-state index contributed by atoms with van der Waals surface area (Å²) >= 11 is 5.00. The van der Waals surface area contributed by atoms with Crippen LogP contribution in [0, 0.1) is 0 Å². The number of benzene rings is 1. The minimum Gasteiger partial charge on any atom is -0.389 e. The quantitative estimate of drug-likeness (QED) is 0.802. The van der Waals surface area contributed by atoms with E-state index in [-0.39, 0.29) is 12.5 Å². The summed E-state index contributed by atoms with van der Waals surface area (Å²) in [4.78, 5) is 13.7. The van der Waals surface area contributed by atoms with E-state index in [4.69, 9.17) is 22.7 Å². The van der Waals surface area contributed by atoms with Gasteiger partial charge in [0.1, 0.15) is 11.6 Å². The molecule has 0 spiro atoms. The van der Waals surface area contributed by atoms with E-state index >= 15 is 0 Å². The van der Waals surface area contributed by atoms with Gasteiger partial charge in [0.2, 0.25) is 5.91 Å². The predicted octanol–water partition coefficient (Wildman–Crippen LogP) is 0.680. The number of carbonyl (C=O) groups excluding carboxylic acids is 1. The van der Waals surface area contributed by atoms with E-state index in [1.165, 1.54) is 0 Å². The lowest BCUT2D eigenvalue weighted by Gasteiger charge is -2.27. The van der Waals surface area contributed by atoms with Crippen LogP contribution < -0.4 is 5.73 Å². The second kappa shape index (κ2) is 5.25. The van der Waals surface area contributed by atoms with Gasteiger partial charge in [0.15, 0.2) is 0 Å². The van der Waals surface area contributed by atoms with Gasteiger partial charge in [0.05, 0.1) is 6.61 Å². The molecule has 0 aliphatic carbocycles. The molecule has 1 amide bonds. The third-order valence-corrected chi connectivity index (χ3v) is 2.95. The minimum absolute atomic E-state index is 0.00833. The minimum atomic E-state index is 0.00833. The van der Waals surface area contributed by atoms with Gasteiger partial charge in [-0.25, -0.2) is 0 Å². The average molecular weight is 250 g/mol. The summed E-state index contributed by atoms with van der Waals surface area (Å²) < 4.78 is 5.09. The summed E-state index contributed by atoms with van der Waals surface area (Å²) in [5, 5.41) is 0. The molecule has 2 N–H and O–H groups in total. The van der Waals surface area contributed by atoms with Crippen LogP contribution >= 0.6 is 12.2 Å². The van der Waals surface area contributed by atoms with Crippen molar-refractivity contribution in [3.05, 3.63) is 35.4 Å². The zero-order valence-electron chi connectivity index (χ0n) is 9.39. The molecule has 1 heterocycles. The number of rotatable bonds is 3. The van der Waals surface area contributed by atoms with Gasteiger partial charge in [-0.15, -0.1) is 0 Å². The molecule has 1 aliphatic heterocycles. The topological polar surface area (TPSA) is 55.6 Å². The van der Waals surface area contributed by atoms with Crippen molar-refractivity contribution in [3.63, 3.8) is 0 Å². The Morgan fingerprint density at radius 2 is 2.24 bits per heavy atom. The van der Waals surface area contributed by atoms with Crippen LogP contribution in [0.4, 0.5) is 0 Å². The standard InChI is InChI=1S/C12H14N2O2S/c13-12(17)10-4-2-1-3-9(10)7-14-5-6-16-8-11(14)15/h1-4H,5-8H2,(H2,13,17). The van der Waals surface area contributed by atoms with Crippen molar-refractivity contribution in [1.82, 2.24) is 4.90 Å². The number of morpholine rings is 1. The van der Waals surface area contributed by atoms with E-state index in [0.29, 0.717) is 24.7 Å². The van der Waals surface area contributed by atoms with Gasteiger partial charge in [-0.05, 0) is 5.56 Å². The largest absolute Gasteiger partial charge is 0.389 e. The van der Waals surface area contributed by atoms with Crippen molar-refractivity contribution in [3.8, 4) is 0 Å². The molecule has 90 valence electrons. The first-order valence-corrected chi connectivity index (χ1v) is 5.82. The highest BCUT2D eigenvalue weighted by molar-refractivity contribution is 7.80. The Hall–Kier alpha value is -1.46. The van der Waals surface area contributed by atoms with Crippen LogP contribution in [0.15, 0.2) is 24.3 Å². The Balaban J connectivity index is 2.17. The lowest BCUT2D eigenvalue weighted by Crippen LogP contribution is -2.41. The van der Waals surface area contributed by atoms with Crippen LogP contribution in [0.1, 0.15) is 11.1 Å². The second-order valence-electron chi connectivity index (χ2n) is 3.89. The van der Waals surface area contributed by atoms with E-state index in [9.17, 15) is 4.79 Å². The van der Waals surface area contributed by atoms with Crippen LogP contribution in [-0.4, -0.2) is 35.6 Å². The number of amides is 1. The summed E-state index contributed by atoms with van der Waals surface area (Å²) in [5.74, 6) is 0.00833. The van der Waals surface area contributed by atoms with E-state index in [1.807, 2.05) is 24.3 Å². The van der Waals surface area contributed by atoms with Crippen LogP contribution in [0.5, 0.6) is 0 Å². The lowest BCUT2D eigenvalue weighted by molar-refractivity contribution is -0.143. The van der Waals surface area contributed by atoms with E-state index in [2.05, 4.69) is 0 Å². The maximum atomic E-state index is 11.6. The molecule has 1 fully saturated rings.